The highest BCUT2D eigenvalue weighted by molar-refractivity contribution is 6.13. The zero-order valence-electron chi connectivity index (χ0n) is 13.6. The van der Waals surface area contributed by atoms with Crippen LogP contribution < -0.4 is 4.90 Å². The zero-order chi connectivity index (χ0) is 16.7. The highest BCUT2D eigenvalue weighted by atomic mass is 16.3. The summed E-state index contributed by atoms with van der Waals surface area (Å²) in [7, 11) is 0. The molecular weight excluding hydrogens is 304 g/mol. The summed E-state index contributed by atoms with van der Waals surface area (Å²) in [6, 6.07) is 9.74. The summed E-state index contributed by atoms with van der Waals surface area (Å²) >= 11 is 0. The van der Waals surface area contributed by atoms with Crippen LogP contribution in [0.15, 0.2) is 30.3 Å². The highest BCUT2D eigenvalue weighted by Gasteiger charge is 2.33. The van der Waals surface area contributed by atoms with Gasteiger partial charge in [-0.1, -0.05) is 18.2 Å². The number of carbonyl (C=O) groups is 1. The van der Waals surface area contributed by atoms with E-state index in [0.717, 1.165) is 35.1 Å². The van der Waals surface area contributed by atoms with Crippen molar-refractivity contribution in [3.05, 3.63) is 41.5 Å². The van der Waals surface area contributed by atoms with E-state index in [4.69, 9.17) is 0 Å². The Morgan fingerprint density at radius 2 is 1.88 bits per heavy atom. The van der Waals surface area contributed by atoms with Gasteiger partial charge in [0.15, 0.2) is 6.23 Å². The standard InChI is InChI=1S/C19H22N2O3/c22-12-11-21-18(23)14-6-4-5-13-16(20-9-2-1-3-10-20)8-7-15(17(13)14)19(21)24/h4-8,19,22,24H,1-3,9-12H2. The van der Waals surface area contributed by atoms with Crippen molar-refractivity contribution in [1.29, 1.82) is 0 Å². The molecule has 2 aromatic rings. The normalized spacial score (nSPS) is 20.8. The molecule has 1 saturated heterocycles. The minimum absolute atomic E-state index is 0.129. The van der Waals surface area contributed by atoms with Gasteiger partial charge in [0.25, 0.3) is 5.91 Å². The SMILES string of the molecule is O=C1c2cccc3c(N4CCCCC4)ccc(c23)C(O)N1CCO. The topological polar surface area (TPSA) is 64.0 Å². The lowest BCUT2D eigenvalue weighted by molar-refractivity contribution is -0.00152. The molecule has 0 aromatic heterocycles. The van der Waals surface area contributed by atoms with E-state index in [1.165, 1.54) is 24.2 Å². The number of aliphatic hydroxyl groups is 2. The number of hydrogen-bond donors (Lipinski definition) is 2. The first-order valence-electron chi connectivity index (χ1n) is 8.63. The number of amides is 1. The number of β-amino-alcohol motifs (C(OH)–C–C–N with tert-alkyl or cyclic N) is 1. The van der Waals surface area contributed by atoms with Gasteiger partial charge in [-0.25, -0.2) is 0 Å². The van der Waals surface area contributed by atoms with Crippen LogP contribution >= 0.6 is 0 Å². The summed E-state index contributed by atoms with van der Waals surface area (Å²) in [5, 5.41) is 21.7. The van der Waals surface area contributed by atoms with Crippen molar-refractivity contribution in [2.24, 2.45) is 0 Å². The Morgan fingerprint density at radius 1 is 1.08 bits per heavy atom. The number of nitrogens with zero attached hydrogens (tertiary/aromatic N) is 2. The molecule has 1 unspecified atom stereocenters. The number of piperidine rings is 1. The van der Waals surface area contributed by atoms with E-state index in [9.17, 15) is 15.0 Å². The molecule has 1 amide bonds. The Balaban J connectivity index is 1.89. The molecule has 2 heterocycles. The molecule has 0 aliphatic carbocycles. The quantitative estimate of drug-likeness (QED) is 0.908. The molecule has 24 heavy (non-hydrogen) atoms. The lowest BCUT2D eigenvalue weighted by Gasteiger charge is -2.35. The minimum atomic E-state index is -1.00. The van der Waals surface area contributed by atoms with Crippen LogP contribution in [0.25, 0.3) is 10.8 Å². The number of hydrogen-bond acceptors (Lipinski definition) is 4. The van der Waals surface area contributed by atoms with Crippen LogP contribution in [0.5, 0.6) is 0 Å². The third-order valence-electron chi connectivity index (χ3n) is 5.15. The molecule has 1 fully saturated rings. The van der Waals surface area contributed by atoms with Crippen molar-refractivity contribution in [2.45, 2.75) is 25.5 Å². The zero-order valence-corrected chi connectivity index (χ0v) is 13.6. The van der Waals surface area contributed by atoms with E-state index in [0.29, 0.717) is 5.56 Å². The van der Waals surface area contributed by atoms with Gasteiger partial charge in [-0.3, -0.25) is 4.79 Å². The van der Waals surface area contributed by atoms with E-state index in [1.54, 1.807) is 0 Å². The van der Waals surface area contributed by atoms with E-state index >= 15 is 0 Å². The molecular formula is C19H22N2O3. The predicted octanol–water partition coefficient (Wildman–Crippen LogP) is 2.27. The van der Waals surface area contributed by atoms with Crippen molar-refractivity contribution in [3.8, 4) is 0 Å². The smallest absolute Gasteiger partial charge is 0.256 e. The summed E-state index contributed by atoms with van der Waals surface area (Å²) in [6.45, 7) is 2.03. The molecule has 4 rings (SSSR count). The summed E-state index contributed by atoms with van der Waals surface area (Å²) < 4.78 is 0. The van der Waals surface area contributed by atoms with Crippen LogP contribution in [-0.4, -0.2) is 47.3 Å². The first kappa shape index (κ1) is 15.4. The molecule has 2 aliphatic heterocycles. The van der Waals surface area contributed by atoms with Crippen LogP contribution in [0, 0.1) is 0 Å². The van der Waals surface area contributed by atoms with Crippen LogP contribution in [0.3, 0.4) is 0 Å². The van der Waals surface area contributed by atoms with Gasteiger partial charge in [0.2, 0.25) is 0 Å². The summed E-state index contributed by atoms with van der Waals surface area (Å²) in [6.07, 6.45) is 2.65. The lowest BCUT2D eigenvalue weighted by atomic mass is 9.91. The van der Waals surface area contributed by atoms with Gasteiger partial charge in [0.1, 0.15) is 0 Å². The first-order valence-corrected chi connectivity index (χ1v) is 8.63. The van der Waals surface area contributed by atoms with Crippen LogP contribution in [0.4, 0.5) is 5.69 Å². The summed E-state index contributed by atoms with van der Waals surface area (Å²) in [4.78, 5) is 16.4. The fourth-order valence-corrected chi connectivity index (χ4v) is 3.99. The molecule has 0 bridgehead atoms. The average Bonchev–Trinajstić information content (AvgIpc) is 2.63. The first-order chi connectivity index (χ1) is 11.7. The van der Waals surface area contributed by atoms with Crippen LogP contribution in [0.2, 0.25) is 0 Å². The molecule has 2 N–H and O–H groups in total. The monoisotopic (exact) mass is 326 g/mol. The third-order valence-corrected chi connectivity index (χ3v) is 5.15. The number of rotatable bonds is 3. The third kappa shape index (κ3) is 2.27. The predicted molar refractivity (Wildman–Crippen MR) is 93.1 cm³/mol. The maximum absolute atomic E-state index is 12.7. The van der Waals surface area contributed by atoms with Gasteiger partial charge < -0.3 is 20.0 Å². The highest BCUT2D eigenvalue weighted by Crippen LogP contribution is 2.40. The lowest BCUT2D eigenvalue weighted by Crippen LogP contribution is -2.40. The van der Waals surface area contributed by atoms with E-state index in [-0.39, 0.29) is 19.1 Å². The van der Waals surface area contributed by atoms with Crippen molar-refractivity contribution in [2.75, 3.05) is 31.1 Å². The van der Waals surface area contributed by atoms with Crippen molar-refractivity contribution in [3.63, 3.8) is 0 Å². The molecule has 0 saturated carbocycles. The maximum atomic E-state index is 12.7. The van der Waals surface area contributed by atoms with Crippen LogP contribution in [-0.2, 0) is 0 Å². The van der Waals surface area contributed by atoms with Crippen molar-refractivity contribution >= 4 is 22.4 Å². The van der Waals surface area contributed by atoms with Gasteiger partial charge in [0, 0.05) is 47.2 Å². The van der Waals surface area contributed by atoms with Crippen molar-refractivity contribution in [1.82, 2.24) is 4.90 Å². The number of carbonyl (C=O) groups excluding carboxylic acids is 1. The van der Waals surface area contributed by atoms with E-state index in [2.05, 4.69) is 11.0 Å². The van der Waals surface area contributed by atoms with Gasteiger partial charge in [-0.15, -0.1) is 0 Å². The Kier molecular flexibility index (Phi) is 3.90. The maximum Gasteiger partial charge on any atom is 0.256 e. The fraction of sp³-hybridized carbons (Fsp3) is 0.421. The molecule has 0 spiro atoms. The molecule has 2 aromatic carbocycles. The fourth-order valence-electron chi connectivity index (χ4n) is 3.99. The molecule has 1 atom stereocenters. The number of aliphatic hydroxyl groups excluding tert-OH is 2. The molecule has 126 valence electrons. The number of anilines is 1. The molecule has 0 radical (unpaired) electrons. The Bertz CT molecular complexity index is 784. The van der Waals surface area contributed by atoms with E-state index in [1.807, 2.05) is 24.3 Å². The number of benzene rings is 2. The molecule has 2 aliphatic rings. The second kappa shape index (κ2) is 6.07. The molecule has 5 heteroatoms. The Labute approximate surface area is 141 Å². The Morgan fingerprint density at radius 3 is 2.62 bits per heavy atom. The van der Waals surface area contributed by atoms with Gasteiger partial charge in [-0.2, -0.15) is 0 Å². The average molecular weight is 326 g/mol. The second-order valence-electron chi connectivity index (χ2n) is 6.55. The van der Waals surface area contributed by atoms with Gasteiger partial charge in [-0.05, 0) is 31.4 Å². The van der Waals surface area contributed by atoms with E-state index < -0.39 is 6.23 Å². The Hall–Kier alpha value is -2.11. The van der Waals surface area contributed by atoms with Crippen LogP contribution in [0.1, 0.15) is 41.4 Å². The summed E-state index contributed by atoms with van der Waals surface area (Å²) in [5.74, 6) is -0.217. The largest absolute Gasteiger partial charge is 0.395 e. The van der Waals surface area contributed by atoms with Gasteiger partial charge in [0.05, 0.1) is 6.61 Å². The van der Waals surface area contributed by atoms with Crippen molar-refractivity contribution < 1.29 is 15.0 Å². The molecule has 5 nitrogen and oxygen atoms in total. The second-order valence-corrected chi connectivity index (χ2v) is 6.55. The summed E-state index contributed by atoms with van der Waals surface area (Å²) in [5.41, 5.74) is 2.50. The van der Waals surface area contributed by atoms with Gasteiger partial charge >= 0.3 is 0 Å². The minimum Gasteiger partial charge on any atom is -0.395 e.